The summed E-state index contributed by atoms with van der Waals surface area (Å²) in [6, 6.07) is -0.904. The molecule has 0 saturated heterocycles. The van der Waals surface area contributed by atoms with Crippen molar-refractivity contribution in [2.45, 2.75) is 244 Å². The van der Waals surface area contributed by atoms with E-state index in [4.69, 9.17) is 9.05 Å². The van der Waals surface area contributed by atoms with E-state index in [1.807, 2.05) is 27.2 Å². The zero-order valence-electron chi connectivity index (χ0n) is 40.2. The number of rotatable bonds is 46. The maximum absolute atomic E-state index is 12.7. The van der Waals surface area contributed by atoms with Crippen molar-refractivity contribution < 1.29 is 32.9 Å². The molecule has 0 spiro atoms. The Morgan fingerprint density at radius 2 is 0.933 bits per heavy atom. The number of likely N-dealkylation sites (N-methyl/N-ethyl adjacent to an activating group) is 1. The summed E-state index contributed by atoms with van der Waals surface area (Å²) in [5.74, 6) is -0.221. The molecule has 8 nitrogen and oxygen atoms in total. The van der Waals surface area contributed by atoms with E-state index in [-0.39, 0.29) is 12.5 Å². The summed E-state index contributed by atoms with van der Waals surface area (Å²) in [5.41, 5.74) is 0. The molecule has 3 atom stereocenters. The van der Waals surface area contributed by atoms with Crippen LogP contribution in [0.2, 0.25) is 0 Å². The van der Waals surface area contributed by atoms with Crippen molar-refractivity contribution in [3.8, 4) is 0 Å². The van der Waals surface area contributed by atoms with Crippen molar-refractivity contribution in [1.82, 2.24) is 5.32 Å². The lowest BCUT2D eigenvalue weighted by molar-refractivity contribution is -0.870. The molecular formula is C51H99N2O6P. The van der Waals surface area contributed by atoms with E-state index in [0.717, 1.165) is 51.4 Å². The van der Waals surface area contributed by atoms with Crippen LogP contribution in [0, 0.1) is 0 Å². The molecule has 0 bridgehead atoms. The molecule has 0 fully saturated rings. The number of aliphatic hydroxyl groups is 1. The van der Waals surface area contributed by atoms with E-state index in [2.05, 4.69) is 43.5 Å². The van der Waals surface area contributed by atoms with Gasteiger partial charge in [0.1, 0.15) is 13.2 Å². The van der Waals surface area contributed by atoms with E-state index >= 15 is 0 Å². The second kappa shape index (κ2) is 43.0. The van der Waals surface area contributed by atoms with Gasteiger partial charge in [-0.3, -0.25) is 9.36 Å². The summed E-state index contributed by atoms with van der Waals surface area (Å²) in [4.78, 5) is 25.1. The largest absolute Gasteiger partial charge is 0.756 e. The van der Waals surface area contributed by atoms with Gasteiger partial charge >= 0.3 is 0 Å². The first kappa shape index (κ1) is 58.7. The number of nitrogens with one attached hydrogen (secondary N) is 1. The number of carbonyl (C=O) groups excluding carboxylic acids is 1. The van der Waals surface area contributed by atoms with Crippen molar-refractivity contribution in [2.24, 2.45) is 0 Å². The third-order valence-electron chi connectivity index (χ3n) is 11.3. The number of unbranched alkanes of at least 4 members (excludes halogenated alkanes) is 29. The van der Waals surface area contributed by atoms with Gasteiger partial charge in [0.2, 0.25) is 5.91 Å². The predicted octanol–water partition coefficient (Wildman–Crippen LogP) is 14.0. The molecule has 0 aliphatic rings. The molecule has 0 aliphatic heterocycles. The van der Waals surface area contributed by atoms with Gasteiger partial charge in [0.25, 0.3) is 7.82 Å². The maximum atomic E-state index is 12.7. The van der Waals surface area contributed by atoms with Gasteiger partial charge in [0, 0.05) is 6.42 Å². The Morgan fingerprint density at radius 1 is 0.567 bits per heavy atom. The van der Waals surface area contributed by atoms with Crippen molar-refractivity contribution in [2.75, 3.05) is 40.9 Å². The summed E-state index contributed by atoms with van der Waals surface area (Å²) in [5, 5.41) is 13.7. The Balaban J connectivity index is 4.01. The lowest BCUT2D eigenvalue weighted by atomic mass is 10.0. The number of quaternary nitrogens is 1. The van der Waals surface area contributed by atoms with Crippen LogP contribution < -0.4 is 10.2 Å². The second-order valence-electron chi connectivity index (χ2n) is 18.5. The standard InChI is InChI=1S/C51H99N2O6P/c1-6-8-10-12-14-15-16-17-18-19-20-21-22-23-24-25-26-27-28-29-30-31-32-33-34-35-36-37-38-39-40-42-44-50(54)49(52-51(55)45-43-41-13-11-9-7-2)48-59-60(56,57)58-47-46-53(3,4)5/h33-34,37-38,42,44,49-50,54H,6-32,35-36,39-41,43,45-48H2,1-5H3,(H-,52,55,56,57)/b34-33+,38-37+,44-42+. The number of carbonyl (C=O) groups is 1. The smallest absolute Gasteiger partial charge is 0.268 e. The molecule has 0 aromatic carbocycles. The van der Waals surface area contributed by atoms with Crippen LogP contribution in [0.4, 0.5) is 0 Å². The molecule has 0 saturated carbocycles. The van der Waals surface area contributed by atoms with Crippen LogP contribution in [0.25, 0.3) is 0 Å². The van der Waals surface area contributed by atoms with Crippen LogP contribution in [0.15, 0.2) is 36.5 Å². The molecule has 60 heavy (non-hydrogen) atoms. The topological polar surface area (TPSA) is 108 Å². The van der Waals surface area contributed by atoms with Gasteiger partial charge in [0.05, 0.1) is 39.9 Å². The molecule has 0 heterocycles. The molecule has 9 heteroatoms. The van der Waals surface area contributed by atoms with Crippen molar-refractivity contribution in [3.05, 3.63) is 36.5 Å². The maximum Gasteiger partial charge on any atom is 0.268 e. The molecule has 0 aromatic rings. The summed E-state index contributed by atoms with van der Waals surface area (Å²) >= 11 is 0. The fraction of sp³-hybridized carbons (Fsp3) is 0.863. The van der Waals surface area contributed by atoms with Gasteiger partial charge < -0.3 is 28.8 Å². The Hall–Kier alpha value is -1.28. The minimum atomic E-state index is -4.59. The third-order valence-corrected chi connectivity index (χ3v) is 12.3. The average Bonchev–Trinajstić information content (AvgIpc) is 3.20. The van der Waals surface area contributed by atoms with Crippen LogP contribution in [0.5, 0.6) is 0 Å². The minimum Gasteiger partial charge on any atom is -0.756 e. The Labute approximate surface area is 372 Å². The first-order valence-electron chi connectivity index (χ1n) is 25.4. The van der Waals surface area contributed by atoms with Crippen LogP contribution in [0.3, 0.4) is 0 Å². The van der Waals surface area contributed by atoms with E-state index in [1.165, 1.54) is 161 Å². The lowest BCUT2D eigenvalue weighted by Gasteiger charge is -2.29. The molecule has 354 valence electrons. The number of aliphatic hydroxyl groups excluding tert-OH is 1. The summed E-state index contributed by atoms with van der Waals surface area (Å²) < 4.78 is 23.1. The van der Waals surface area contributed by atoms with Crippen LogP contribution in [0.1, 0.15) is 232 Å². The van der Waals surface area contributed by atoms with E-state index < -0.39 is 26.6 Å². The molecule has 2 N–H and O–H groups in total. The first-order valence-corrected chi connectivity index (χ1v) is 26.8. The fourth-order valence-corrected chi connectivity index (χ4v) is 8.03. The Bertz CT molecular complexity index is 1070. The molecule has 0 rings (SSSR count). The van der Waals surface area contributed by atoms with Gasteiger partial charge in [-0.25, -0.2) is 0 Å². The fourth-order valence-electron chi connectivity index (χ4n) is 7.30. The van der Waals surface area contributed by atoms with Crippen LogP contribution >= 0.6 is 7.82 Å². The van der Waals surface area contributed by atoms with Crippen LogP contribution in [-0.2, 0) is 18.4 Å². The zero-order valence-corrected chi connectivity index (χ0v) is 41.1. The van der Waals surface area contributed by atoms with Gasteiger partial charge in [-0.2, -0.15) is 0 Å². The van der Waals surface area contributed by atoms with Crippen molar-refractivity contribution in [1.29, 1.82) is 0 Å². The average molecular weight is 867 g/mol. The molecule has 0 aliphatic carbocycles. The minimum absolute atomic E-state index is 0.00863. The highest BCUT2D eigenvalue weighted by molar-refractivity contribution is 7.45. The SMILES string of the molecule is CCCCCCCCCCCCCCCCCCCCCCCC/C=C/CC/C=C/CC/C=C/C(O)C(COP(=O)([O-])OCC[N+](C)(C)C)NC(=O)CCCCCCCC. The zero-order chi connectivity index (χ0) is 44.3. The Morgan fingerprint density at radius 3 is 1.35 bits per heavy atom. The second-order valence-corrected chi connectivity index (χ2v) is 19.9. The van der Waals surface area contributed by atoms with E-state index in [1.54, 1.807) is 6.08 Å². The first-order chi connectivity index (χ1) is 29.0. The third kappa shape index (κ3) is 44.8. The number of allylic oxidation sites excluding steroid dienone is 5. The molecule has 0 radical (unpaired) electrons. The number of hydrogen-bond donors (Lipinski definition) is 2. The summed E-state index contributed by atoms with van der Waals surface area (Å²) in [7, 11) is 1.23. The highest BCUT2D eigenvalue weighted by Crippen LogP contribution is 2.38. The monoisotopic (exact) mass is 867 g/mol. The van der Waals surface area contributed by atoms with Crippen molar-refractivity contribution in [3.63, 3.8) is 0 Å². The Kier molecular flexibility index (Phi) is 42.1. The number of phosphoric acid groups is 1. The van der Waals surface area contributed by atoms with Crippen molar-refractivity contribution >= 4 is 13.7 Å². The lowest BCUT2D eigenvalue weighted by Crippen LogP contribution is -2.45. The van der Waals surface area contributed by atoms with Gasteiger partial charge in [0.15, 0.2) is 0 Å². The molecule has 3 unspecified atom stereocenters. The highest BCUT2D eigenvalue weighted by atomic mass is 31.2. The normalized spacial score (nSPS) is 14.4. The molecular weight excluding hydrogens is 768 g/mol. The van der Waals surface area contributed by atoms with E-state index in [9.17, 15) is 19.4 Å². The quantitative estimate of drug-likeness (QED) is 0.0273. The summed E-state index contributed by atoms with van der Waals surface area (Å²) in [6.07, 6.45) is 54.2. The van der Waals surface area contributed by atoms with Gasteiger partial charge in [-0.1, -0.05) is 217 Å². The number of hydrogen-bond acceptors (Lipinski definition) is 6. The summed E-state index contributed by atoms with van der Waals surface area (Å²) in [6.45, 7) is 4.55. The predicted molar refractivity (Wildman–Crippen MR) is 256 cm³/mol. The van der Waals surface area contributed by atoms with Gasteiger partial charge in [-0.05, 0) is 44.9 Å². The number of amides is 1. The van der Waals surface area contributed by atoms with Crippen LogP contribution in [-0.4, -0.2) is 68.5 Å². The highest BCUT2D eigenvalue weighted by Gasteiger charge is 2.23. The number of phosphoric ester groups is 1. The molecule has 1 amide bonds. The van der Waals surface area contributed by atoms with Gasteiger partial charge in [-0.15, -0.1) is 0 Å². The van der Waals surface area contributed by atoms with E-state index in [0.29, 0.717) is 17.4 Å². The number of nitrogens with zero attached hydrogens (tertiary/aromatic N) is 1. The molecule has 0 aromatic heterocycles.